The van der Waals surface area contributed by atoms with Crippen molar-refractivity contribution in [2.24, 2.45) is 0 Å². The van der Waals surface area contributed by atoms with Crippen LogP contribution in [0.25, 0.3) is 0 Å². The standard InChI is InChI=1S/C25H22FO3S/c1-4-25(2,3)29-24(27)18-28-20-12-16-23(17-13-20)30(21-8-6-5-7-9-21)22-14-10-19(26)11-15-22/h1,5-17H,18H2,2-3H3/q+1. The summed E-state index contributed by atoms with van der Waals surface area (Å²) in [6, 6.07) is 24.1. The molecule has 0 radical (unpaired) electrons. The highest BCUT2D eigenvalue weighted by molar-refractivity contribution is 7.97. The highest BCUT2D eigenvalue weighted by atomic mass is 32.2. The van der Waals surface area contributed by atoms with Gasteiger partial charge in [-0.1, -0.05) is 24.1 Å². The number of esters is 1. The fourth-order valence-electron chi connectivity index (χ4n) is 2.69. The number of terminal acetylenes is 1. The maximum absolute atomic E-state index is 13.4. The summed E-state index contributed by atoms with van der Waals surface area (Å²) in [6.45, 7) is 3.05. The van der Waals surface area contributed by atoms with Crippen LogP contribution in [0, 0.1) is 18.2 Å². The van der Waals surface area contributed by atoms with E-state index in [2.05, 4.69) is 18.1 Å². The van der Waals surface area contributed by atoms with Gasteiger partial charge >= 0.3 is 5.97 Å². The second kappa shape index (κ2) is 9.51. The molecule has 0 amide bonds. The molecule has 0 N–H and O–H groups in total. The van der Waals surface area contributed by atoms with E-state index in [9.17, 15) is 9.18 Å². The number of halogens is 1. The van der Waals surface area contributed by atoms with E-state index in [4.69, 9.17) is 15.9 Å². The Morgan fingerprint density at radius 1 is 0.933 bits per heavy atom. The van der Waals surface area contributed by atoms with Crippen molar-refractivity contribution in [3.05, 3.63) is 84.7 Å². The van der Waals surface area contributed by atoms with E-state index in [0.29, 0.717) is 5.75 Å². The summed E-state index contributed by atoms with van der Waals surface area (Å²) in [5.74, 6) is 2.15. The Bertz CT molecular complexity index is 1020. The highest BCUT2D eigenvalue weighted by Crippen LogP contribution is 2.32. The molecule has 0 bridgehead atoms. The second-order valence-electron chi connectivity index (χ2n) is 6.96. The van der Waals surface area contributed by atoms with Crippen LogP contribution in [-0.4, -0.2) is 18.2 Å². The molecule has 3 aromatic carbocycles. The summed E-state index contributed by atoms with van der Waals surface area (Å²) in [5, 5.41) is 0. The minimum Gasteiger partial charge on any atom is -0.482 e. The zero-order chi connectivity index (χ0) is 21.6. The summed E-state index contributed by atoms with van der Waals surface area (Å²) in [4.78, 5) is 15.1. The minimum atomic E-state index is -0.969. The van der Waals surface area contributed by atoms with E-state index in [1.807, 2.05) is 30.3 Å². The molecule has 5 heteroatoms. The Balaban J connectivity index is 1.77. The van der Waals surface area contributed by atoms with Crippen molar-refractivity contribution in [2.75, 3.05) is 6.61 Å². The average Bonchev–Trinajstić information content (AvgIpc) is 2.75. The first kappa shape index (κ1) is 21.5. The molecule has 0 spiro atoms. The molecule has 0 saturated carbocycles. The van der Waals surface area contributed by atoms with Crippen LogP contribution in [0.15, 0.2) is 93.5 Å². The Kier molecular flexibility index (Phi) is 6.81. The van der Waals surface area contributed by atoms with Gasteiger partial charge in [0.05, 0.1) is 10.9 Å². The number of ether oxygens (including phenoxy) is 2. The molecule has 0 fully saturated rings. The van der Waals surface area contributed by atoms with Crippen LogP contribution in [0.2, 0.25) is 0 Å². The third kappa shape index (κ3) is 5.65. The van der Waals surface area contributed by atoms with Crippen LogP contribution in [0.5, 0.6) is 5.75 Å². The normalized spacial score (nSPS) is 11.9. The predicted octanol–water partition coefficient (Wildman–Crippen LogP) is 5.25. The lowest BCUT2D eigenvalue weighted by atomic mass is 10.1. The molecule has 0 aliphatic heterocycles. The van der Waals surface area contributed by atoms with Crippen LogP contribution in [0.4, 0.5) is 4.39 Å². The average molecular weight is 422 g/mol. The molecule has 0 aromatic heterocycles. The van der Waals surface area contributed by atoms with Gasteiger partial charge in [0.15, 0.2) is 26.9 Å². The van der Waals surface area contributed by atoms with Gasteiger partial charge < -0.3 is 9.47 Å². The third-order valence-corrected chi connectivity index (χ3v) is 6.39. The summed E-state index contributed by atoms with van der Waals surface area (Å²) in [7, 11) is -0.395. The van der Waals surface area contributed by atoms with Crippen LogP contribution in [0.3, 0.4) is 0 Å². The van der Waals surface area contributed by atoms with E-state index >= 15 is 0 Å². The monoisotopic (exact) mass is 421 g/mol. The van der Waals surface area contributed by atoms with Crippen LogP contribution >= 0.6 is 0 Å². The topological polar surface area (TPSA) is 35.5 Å². The van der Waals surface area contributed by atoms with Crippen molar-refractivity contribution in [1.82, 2.24) is 0 Å². The molecule has 0 aliphatic rings. The summed E-state index contributed by atoms with van der Waals surface area (Å²) < 4.78 is 24.1. The largest absolute Gasteiger partial charge is 0.482 e. The van der Waals surface area contributed by atoms with Crippen molar-refractivity contribution >= 4 is 16.9 Å². The maximum atomic E-state index is 13.4. The van der Waals surface area contributed by atoms with E-state index < -0.39 is 22.5 Å². The minimum absolute atomic E-state index is 0.229. The molecule has 0 saturated heterocycles. The third-order valence-electron chi connectivity index (χ3n) is 4.16. The first-order chi connectivity index (χ1) is 14.4. The van der Waals surface area contributed by atoms with Crippen molar-refractivity contribution in [3.8, 4) is 18.1 Å². The van der Waals surface area contributed by atoms with Crippen molar-refractivity contribution < 1.29 is 18.7 Å². The SMILES string of the molecule is C#CC(C)(C)OC(=O)COc1ccc([S+](c2ccccc2)c2ccc(F)cc2)cc1. The Labute approximate surface area is 179 Å². The summed E-state index contributed by atoms with van der Waals surface area (Å²) in [5.41, 5.74) is -0.969. The number of carbonyl (C=O) groups is 1. The molecule has 1 unspecified atom stereocenters. The van der Waals surface area contributed by atoms with Gasteiger partial charge in [-0.25, -0.2) is 9.18 Å². The zero-order valence-corrected chi connectivity index (χ0v) is 17.6. The van der Waals surface area contributed by atoms with Crippen LogP contribution in [0.1, 0.15) is 13.8 Å². The molecule has 0 aliphatic carbocycles. The fourth-order valence-corrected chi connectivity index (χ4v) is 4.76. The highest BCUT2D eigenvalue weighted by Gasteiger charge is 2.28. The lowest BCUT2D eigenvalue weighted by molar-refractivity contribution is -0.154. The van der Waals surface area contributed by atoms with Gasteiger partial charge in [-0.15, -0.1) is 6.42 Å². The van der Waals surface area contributed by atoms with Crippen molar-refractivity contribution in [2.45, 2.75) is 34.1 Å². The predicted molar refractivity (Wildman–Crippen MR) is 116 cm³/mol. The lowest BCUT2D eigenvalue weighted by Gasteiger charge is -2.18. The number of rotatable bonds is 7. The number of carbonyl (C=O) groups excluding carboxylic acids is 1. The Hall–Kier alpha value is -3.23. The van der Waals surface area contributed by atoms with Gasteiger partial charge in [-0.05, 0) is 74.5 Å². The zero-order valence-electron chi connectivity index (χ0n) is 16.8. The van der Waals surface area contributed by atoms with E-state index in [1.54, 1.807) is 38.1 Å². The van der Waals surface area contributed by atoms with E-state index in [1.165, 1.54) is 12.1 Å². The van der Waals surface area contributed by atoms with Crippen molar-refractivity contribution in [1.29, 1.82) is 0 Å². The van der Waals surface area contributed by atoms with Gasteiger partial charge in [-0.3, -0.25) is 0 Å². The van der Waals surface area contributed by atoms with Crippen LogP contribution in [-0.2, 0) is 20.4 Å². The smallest absolute Gasteiger partial charge is 0.345 e. The quantitative estimate of drug-likeness (QED) is 0.297. The van der Waals surface area contributed by atoms with Gasteiger partial charge in [0.25, 0.3) is 0 Å². The first-order valence-corrected chi connectivity index (χ1v) is 10.6. The molecule has 3 rings (SSSR count). The first-order valence-electron chi connectivity index (χ1n) is 9.35. The molecule has 0 heterocycles. The van der Waals surface area contributed by atoms with E-state index in [-0.39, 0.29) is 12.4 Å². The molecule has 152 valence electrons. The maximum Gasteiger partial charge on any atom is 0.345 e. The molecule has 3 aromatic rings. The number of hydrogen-bond donors (Lipinski definition) is 0. The van der Waals surface area contributed by atoms with Crippen molar-refractivity contribution in [3.63, 3.8) is 0 Å². The summed E-state index contributed by atoms with van der Waals surface area (Å²) in [6.07, 6.45) is 5.32. The number of benzene rings is 3. The van der Waals surface area contributed by atoms with Gasteiger partial charge in [-0.2, -0.15) is 0 Å². The Morgan fingerprint density at radius 3 is 2.03 bits per heavy atom. The Morgan fingerprint density at radius 2 is 1.47 bits per heavy atom. The molecular formula is C25H22FO3S+. The molecule has 1 atom stereocenters. The fraction of sp³-hybridized carbons (Fsp3) is 0.160. The van der Waals surface area contributed by atoms with E-state index in [0.717, 1.165) is 14.7 Å². The van der Waals surface area contributed by atoms with Gasteiger partial charge in [0, 0.05) is 0 Å². The lowest BCUT2D eigenvalue weighted by Crippen LogP contribution is -2.29. The molecular weight excluding hydrogens is 399 g/mol. The number of hydrogen-bond acceptors (Lipinski definition) is 3. The van der Waals surface area contributed by atoms with Gasteiger partial charge in [0.2, 0.25) is 0 Å². The molecule has 30 heavy (non-hydrogen) atoms. The second-order valence-corrected chi connectivity index (χ2v) is 8.99. The molecule has 3 nitrogen and oxygen atoms in total. The van der Waals surface area contributed by atoms with Gasteiger partial charge in [0.1, 0.15) is 11.6 Å². The van der Waals surface area contributed by atoms with Crippen LogP contribution < -0.4 is 4.74 Å². The summed E-state index contributed by atoms with van der Waals surface area (Å²) >= 11 is 0.